The minimum Gasteiger partial charge on any atom is -0.494 e. The van der Waals surface area contributed by atoms with E-state index >= 15 is 0 Å². The number of hydrogen-bond donors (Lipinski definition) is 1. The molecule has 30 heavy (non-hydrogen) atoms. The number of nitrogens with zero attached hydrogens (tertiary/aromatic N) is 1. The molecule has 0 radical (unpaired) electrons. The van der Waals surface area contributed by atoms with Crippen LogP contribution in [0.3, 0.4) is 0 Å². The first-order chi connectivity index (χ1) is 14.4. The van der Waals surface area contributed by atoms with Gasteiger partial charge in [-0.15, -0.1) is 0 Å². The smallest absolute Gasteiger partial charge is 0.217 e. The van der Waals surface area contributed by atoms with Crippen LogP contribution in [-0.4, -0.2) is 25.6 Å². The minimum atomic E-state index is 0.00772. The number of piperidine rings is 1. The van der Waals surface area contributed by atoms with Crippen molar-refractivity contribution < 1.29 is 9.53 Å². The van der Waals surface area contributed by atoms with E-state index in [1.54, 1.807) is 6.92 Å². The number of ether oxygens (including phenoxy) is 1. The van der Waals surface area contributed by atoms with Crippen LogP contribution in [0.2, 0.25) is 0 Å². The van der Waals surface area contributed by atoms with Crippen molar-refractivity contribution in [2.24, 2.45) is 5.92 Å². The molecule has 3 rings (SSSR count). The van der Waals surface area contributed by atoms with Gasteiger partial charge in [-0.05, 0) is 61.3 Å². The molecule has 1 heterocycles. The third-order valence-corrected chi connectivity index (χ3v) is 5.97. The van der Waals surface area contributed by atoms with E-state index in [0.717, 1.165) is 50.3 Å². The molecule has 1 aliphatic rings. The first kappa shape index (κ1) is 22.2. The van der Waals surface area contributed by atoms with Gasteiger partial charge in [0.05, 0.1) is 12.6 Å². The Morgan fingerprint density at radius 3 is 2.43 bits per heavy atom. The Bertz CT molecular complexity index is 808. The Labute approximate surface area is 181 Å². The zero-order valence-corrected chi connectivity index (χ0v) is 18.9. The fraction of sp³-hybridized carbons (Fsp3) is 0.500. The first-order valence-corrected chi connectivity index (χ1v) is 11.3. The van der Waals surface area contributed by atoms with Gasteiger partial charge in [0.25, 0.3) is 0 Å². The van der Waals surface area contributed by atoms with Crippen molar-refractivity contribution >= 4 is 11.6 Å². The van der Waals surface area contributed by atoms with E-state index in [9.17, 15) is 4.79 Å². The Kier molecular flexibility index (Phi) is 7.78. The van der Waals surface area contributed by atoms with Gasteiger partial charge in [-0.1, -0.05) is 44.2 Å². The topological polar surface area (TPSA) is 41.6 Å². The molecule has 0 aromatic heterocycles. The highest BCUT2D eigenvalue weighted by atomic mass is 16.5. The molecule has 1 aliphatic heterocycles. The molecule has 2 aromatic carbocycles. The van der Waals surface area contributed by atoms with E-state index in [2.05, 4.69) is 72.6 Å². The lowest BCUT2D eigenvalue weighted by Crippen LogP contribution is -2.32. The van der Waals surface area contributed by atoms with Gasteiger partial charge in [-0.3, -0.25) is 4.79 Å². The van der Waals surface area contributed by atoms with Gasteiger partial charge in [0.1, 0.15) is 5.75 Å². The summed E-state index contributed by atoms with van der Waals surface area (Å²) in [6.45, 7) is 10.9. The van der Waals surface area contributed by atoms with E-state index in [1.807, 2.05) is 6.92 Å². The summed E-state index contributed by atoms with van der Waals surface area (Å²) in [5.41, 5.74) is 3.81. The van der Waals surface area contributed by atoms with Gasteiger partial charge >= 0.3 is 0 Å². The lowest BCUT2D eigenvalue weighted by atomic mass is 9.88. The van der Waals surface area contributed by atoms with Crippen LogP contribution in [0, 0.1) is 5.92 Å². The van der Waals surface area contributed by atoms with Crippen molar-refractivity contribution in [1.82, 2.24) is 5.32 Å². The predicted octanol–water partition coefficient (Wildman–Crippen LogP) is 5.69. The van der Waals surface area contributed by atoms with Crippen molar-refractivity contribution in [3.8, 4) is 5.75 Å². The first-order valence-electron chi connectivity index (χ1n) is 11.3. The molecule has 0 saturated carbocycles. The molecule has 0 bridgehead atoms. The summed E-state index contributed by atoms with van der Waals surface area (Å²) in [5, 5.41) is 2.95. The van der Waals surface area contributed by atoms with Gasteiger partial charge < -0.3 is 15.0 Å². The second kappa shape index (κ2) is 10.5. The predicted molar refractivity (Wildman–Crippen MR) is 124 cm³/mol. The Morgan fingerprint density at radius 1 is 1.10 bits per heavy atom. The Balaban J connectivity index is 1.54. The van der Waals surface area contributed by atoms with Gasteiger partial charge in [0, 0.05) is 31.8 Å². The van der Waals surface area contributed by atoms with Crippen LogP contribution in [0.5, 0.6) is 5.75 Å². The van der Waals surface area contributed by atoms with Crippen molar-refractivity contribution in [2.75, 3.05) is 24.6 Å². The molecule has 0 spiro atoms. The SMILES string of the molecule is CC(=O)N[C@@H](C)c1ccc(C2CCN(c3cccc(OCCC(C)C)c3)CC2)cc1. The van der Waals surface area contributed by atoms with E-state index in [4.69, 9.17) is 4.74 Å². The Morgan fingerprint density at radius 2 is 1.80 bits per heavy atom. The van der Waals surface area contributed by atoms with Crippen molar-refractivity contribution in [3.05, 3.63) is 59.7 Å². The molecule has 4 heteroatoms. The average Bonchev–Trinajstić information content (AvgIpc) is 2.73. The number of anilines is 1. The summed E-state index contributed by atoms with van der Waals surface area (Å²) in [5.74, 6) is 2.24. The minimum absolute atomic E-state index is 0.00772. The lowest BCUT2D eigenvalue weighted by Gasteiger charge is -2.34. The number of nitrogens with one attached hydrogen (secondary N) is 1. The normalized spacial score (nSPS) is 15.8. The quantitative estimate of drug-likeness (QED) is 0.610. The molecule has 1 atom stereocenters. The maximum Gasteiger partial charge on any atom is 0.217 e. The third kappa shape index (κ3) is 6.25. The van der Waals surface area contributed by atoms with Crippen LogP contribution in [-0.2, 0) is 4.79 Å². The van der Waals surface area contributed by atoms with Gasteiger partial charge in [0.2, 0.25) is 5.91 Å². The number of carbonyl (C=O) groups excluding carboxylic acids is 1. The van der Waals surface area contributed by atoms with Crippen LogP contribution in [0.4, 0.5) is 5.69 Å². The van der Waals surface area contributed by atoms with E-state index < -0.39 is 0 Å². The molecule has 162 valence electrons. The van der Waals surface area contributed by atoms with Crippen molar-refractivity contribution in [2.45, 2.75) is 58.9 Å². The summed E-state index contributed by atoms with van der Waals surface area (Å²) in [4.78, 5) is 13.7. The number of carbonyl (C=O) groups is 1. The summed E-state index contributed by atoms with van der Waals surface area (Å²) >= 11 is 0. The fourth-order valence-corrected chi connectivity index (χ4v) is 4.10. The van der Waals surface area contributed by atoms with E-state index in [-0.39, 0.29) is 11.9 Å². The third-order valence-electron chi connectivity index (χ3n) is 5.97. The van der Waals surface area contributed by atoms with Gasteiger partial charge in [-0.2, -0.15) is 0 Å². The Hall–Kier alpha value is -2.49. The van der Waals surface area contributed by atoms with Crippen LogP contribution >= 0.6 is 0 Å². The van der Waals surface area contributed by atoms with Crippen molar-refractivity contribution in [1.29, 1.82) is 0 Å². The largest absolute Gasteiger partial charge is 0.494 e. The zero-order valence-electron chi connectivity index (χ0n) is 18.9. The molecule has 1 amide bonds. The summed E-state index contributed by atoms with van der Waals surface area (Å²) < 4.78 is 5.94. The van der Waals surface area contributed by atoms with E-state index in [0.29, 0.717) is 11.8 Å². The highest BCUT2D eigenvalue weighted by Gasteiger charge is 2.21. The second-order valence-corrected chi connectivity index (χ2v) is 8.88. The van der Waals surface area contributed by atoms with Crippen LogP contribution < -0.4 is 15.0 Å². The highest BCUT2D eigenvalue weighted by Crippen LogP contribution is 2.32. The molecule has 0 aliphatic carbocycles. The maximum absolute atomic E-state index is 11.3. The number of benzene rings is 2. The summed E-state index contributed by atoms with van der Waals surface area (Å²) in [7, 11) is 0. The molecule has 0 unspecified atom stereocenters. The van der Waals surface area contributed by atoms with Gasteiger partial charge in [0.15, 0.2) is 0 Å². The molecule has 2 aromatic rings. The van der Waals surface area contributed by atoms with E-state index in [1.165, 1.54) is 11.3 Å². The van der Waals surface area contributed by atoms with Gasteiger partial charge in [-0.25, -0.2) is 0 Å². The molecular weight excluding hydrogens is 372 g/mol. The monoisotopic (exact) mass is 408 g/mol. The van der Waals surface area contributed by atoms with Crippen LogP contribution in [0.1, 0.15) is 70.0 Å². The number of rotatable bonds is 8. The second-order valence-electron chi connectivity index (χ2n) is 8.88. The van der Waals surface area contributed by atoms with Crippen LogP contribution in [0.15, 0.2) is 48.5 Å². The molecule has 4 nitrogen and oxygen atoms in total. The molecule has 1 saturated heterocycles. The number of amides is 1. The highest BCUT2D eigenvalue weighted by molar-refractivity contribution is 5.73. The standard InChI is InChI=1S/C26H36N2O2/c1-19(2)14-17-30-26-7-5-6-25(18-26)28-15-12-24(13-16-28)23-10-8-22(9-11-23)20(3)27-21(4)29/h5-11,18-20,24H,12-17H2,1-4H3,(H,27,29)/t20-/m0/s1. The maximum atomic E-state index is 11.3. The van der Waals surface area contributed by atoms with Crippen LogP contribution in [0.25, 0.3) is 0 Å². The summed E-state index contributed by atoms with van der Waals surface area (Å²) in [6.07, 6.45) is 3.38. The molecule has 1 fully saturated rings. The summed E-state index contributed by atoms with van der Waals surface area (Å²) in [6, 6.07) is 17.3. The fourth-order valence-electron chi connectivity index (χ4n) is 4.10. The zero-order chi connectivity index (χ0) is 21.5. The number of hydrogen-bond acceptors (Lipinski definition) is 3. The molecular formula is C26H36N2O2. The van der Waals surface area contributed by atoms with Crippen molar-refractivity contribution in [3.63, 3.8) is 0 Å². The average molecular weight is 409 g/mol. The molecule has 1 N–H and O–H groups in total. The lowest BCUT2D eigenvalue weighted by molar-refractivity contribution is -0.119.